The SMILES string of the molecule is CCOC(=O)c1cc2c(s1)CN(CCN)CC2.Cl. The molecule has 0 spiro atoms. The second kappa shape index (κ2) is 7.09. The lowest BCUT2D eigenvalue weighted by molar-refractivity contribution is 0.0532. The number of hydrogen-bond acceptors (Lipinski definition) is 5. The lowest BCUT2D eigenvalue weighted by Gasteiger charge is -2.25. The van der Waals surface area contributed by atoms with Crippen LogP contribution in [0, 0.1) is 0 Å². The Balaban J connectivity index is 0.00000162. The fraction of sp³-hybridized carbons (Fsp3) is 0.583. The Hall–Kier alpha value is -0.620. The van der Waals surface area contributed by atoms with Crippen LogP contribution in [0.25, 0.3) is 0 Å². The summed E-state index contributed by atoms with van der Waals surface area (Å²) >= 11 is 1.56. The largest absolute Gasteiger partial charge is 0.462 e. The molecule has 0 bridgehead atoms. The van der Waals surface area contributed by atoms with Crippen LogP contribution in [-0.4, -0.2) is 37.1 Å². The molecule has 0 amide bonds. The fourth-order valence-electron chi connectivity index (χ4n) is 2.05. The van der Waals surface area contributed by atoms with Gasteiger partial charge >= 0.3 is 5.97 Å². The number of nitrogens with zero attached hydrogens (tertiary/aromatic N) is 1. The number of carbonyl (C=O) groups is 1. The van der Waals surface area contributed by atoms with Crippen LogP contribution in [0.4, 0.5) is 0 Å². The van der Waals surface area contributed by atoms with E-state index in [2.05, 4.69) is 4.90 Å². The van der Waals surface area contributed by atoms with Crippen LogP contribution < -0.4 is 5.73 Å². The van der Waals surface area contributed by atoms with Crippen LogP contribution in [0.2, 0.25) is 0 Å². The summed E-state index contributed by atoms with van der Waals surface area (Å²) in [6, 6.07) is 1.98. The molecule has 2 rings (SSSR count). The molecule has 102 valence electrons. The van der Waals surface area contributed by atoms with Crippen molar-refractivity contribution in [2.24, 2.45) is 5.73 Å². The molecule has 1 aliphatic rings. The molecule has 1 aromatic heterocycles. The quantitative estimate of drug-likeness (QED) is 0.857. The molecule has 0 atom stereocenters. The van der Waals surface area contributed by atoms with Crippen molar-refractivity contribution in [1.29, 1.82) is 0 Å². The third kappa shape index (κ3) is 3.45. The highest BCUT2D eigenvalue weighted by Gasteiger charge is 2.21. The summed E-state index contributed by atoms with van der Waals surface area (Å²) in [5.74, 6) is -0.197. The maximum absolute atomic E-state index is 11.6. The predicted octanol–water partition coefficient (Wildman–Crippen LogP) is 1.66. The first kappa shape index (κ1) is 15.4. The molecule has 6 heteroatoms. The molecule has 0 radical (unpaired) electrons. The van der Waals surface area contributed by atoms with Gasteiger partial charge in [0.1, 0.15) is 4.88 Å². The minimum atomic E-state index is -0.197. The van der Waals surface area contributed by atoms with Crippen LogP contribution >= 0.6 is 23.7 Å². The van der Waals surface area contributed by atoms with Crippen molar-refractivity contribution in [1.82, 2.24) is 4.90 Å². The summed E-state index contributed by atoms with van der Waals surface area (Å²) in [5, 5.41) is 0. The number of thiophene rings is 1. The van der Waals surface area contributed by atoms with Crippen molar-refractivity contribution < 1.29 is 9.53 Å². The average Bonchev–Trinajstić information content (AvgIpc) is 2.73. The normalized spacial score (nSPS) is 14.8. The Morgan fingerprint density at radius 3 is 3.06 bits per heavy atom. The standard InChI is InChI=1S/C12H18N2O2S.ClH/c1-2-16-12(15)10-7-9-3-5-14(6-4-13)8-11(9)17-10;/h7H,2-6,8,13H2,1H3;1H. The van der Waals surface area contributed by atoms with E-state index in [1.54, 1.807) is 11.3 Å². The summed E-state index contributed by atoms with van der Waals surface area (Å²) in [5.41, 5.74) is 6.86. The molecule has 2 heterocycles. The van der Waals surface area contributed by atoms with Gasteiger partial charge in [-0.3, -0.25) is 4.90 Å². The molecular formula is C12H19ClN2O2S. The van der Waals surface area contributed by atoms with Gasteiger partial charge in [-0.25, -0.2) is 4.79 Å². The van der Waals surface area contributed by atoms with Crippen LogP contribution in [0.5, 0.6) is 0 Å². The summed E-state index contributed by atoms with van der Waals surface area (Å²) in [4.78, 5) is 16.0. The van der Waals surface area contributed by atoms with Crippen molar-refractivity contribution >= 4 is 29.7 Å². The van der Waals surface area contributed by atoms with E-state index in [-0.39, 0.29) is 18.4 Å². The van der Waals surface area contributed by atoms with Crippen molar-refractivity contribution in [2.45, 2.75) is 19.9 Å². The van der Waals surface area contributed by atoms with Crippen molar-refractivity contribution in [3.8, 4) is 0 Å². The van der Waals surface area contributed by atoms with Crippen molar-refractivity contribution in [2.75, 3.05) is 26.2 Å². The number of esters is 1. The molecule has 2 N–H and O–H groups in total. The second-order valence-corrected chi connectivity index (χ2v) is 5.23. The lowest BCUT2D eigenvalue weighted by atomic mass is 10.1. The highest BCUT2D eigenvalue weighted by atomic mass is 35.5. The van der Waals surface area contributed by atoms with Gasteiger partial charge in [0.15, 0.2) is 0 Å². The van der Waals surface area contributed by atoms with Gasteiger partial charge in [-0.15, -0.1) is 23.7 Å². The fourth-order valence-corrected chi connectivity index (χ4v) is 3.20. The van der Waals surface area contributed by atoms with E-state index >= 15 is 0 Å². The third-order valence-electron chi connectivity index (χ3n) is 2.88. The Bertz CT molecular complexity index is 409. The molecular weight excluding hydrogens is 272 g/mol. The number of carbonyl (C=O) groups excluding carboxylic acids is 1. The molecule has 1 aromatic rings. The Labute approximate surface area is 118 Å². The second-order valence-electron chi connectivity index (χ2n) is 4.09. The van der Waals surface area contributed by atoms with E-state index < -0.39 is 0 Å². The molecule has 0 saturated carbocycles. The predicted molar refractivity (Wildman–Crippen MR) is 75.6 cm³/mol. The molecule has 0 fully saturated rings. The number of halogens is 1. The van der Waals surface area contributed by atoms with E-state index in [0.29, 0.717) is 13.2 Å². The van der Waals surface area contributed by atoms with E-state index in [1.807, 2.05) is 13.0 Å². The van der Waals surface area contributed by atoms with Gasteiger partial charge in [-0.2, -0.15) is 0 Å². The van der Waals surface area contributed by atoms with E-state index in [0.717, 1.165) is 30.9 Å². The first-order valence-electron chi connectivity index (χ1n) is 5.95. The highest BCUT2D eigenvalue weighted by Crippen LogP contribution is 2.28. The van der Waals surface area contributed by atoms with Gasteiger partial charge in [0, 0.05) is 31.1 Å². The zero-order valence-electron chi connectivity index (χ0n) is 10.5. The zero-order valence-corrected chi connectivity index (χ0v) is 12.1. The minimum absolute atomic E-state index is 0. The van der Waals surface area contributed by atoms with Gasteiger partial charge in [-0.05, 0) is 25.0 Å². The summed E-state index contributed by atoms with van der Waals surface area (Å²) in [7, 11) is 0. The summed E-state index contributed by atoms with van der Waals surface area (Å²) < 4.78 is 5.02. The molecule has 0 aliphatic carbocycles. The zero-order chi connectivity index (χ0) is 12.3. The summed E-state index contributed by atoms with van der Waals surface area (Å²) in [6.45, 7) is 5.81. The lowest BCUT2D eigenvalue weighted by Crippen LogP contribution is -2.33. The van der Waals surface area contributed by atoms with Crippen LogP contribution in [-0.2, 0) is 17.7 Å². The van der Waals surface area contributed by atoms with Gasteiger partial charge in [0.05, 0.1) is 6.61 Å². The van der Waals surface area contributed by atoms with Crippen molar-refractivity contribution in [3.05, 3.63) is 21.4 Å². The average molecular weight is 291 g/mol. The first-order chi connectivity index (χ1) is 8.24. The molecule has 0 saturated heterocycles. The Kier molecular flexibility index (Phi) is 6.08. The van der Waals surface area contributed by atoms with Crippen LogP contribution in [0.3, 0.4) is 0 Å². The van der Waals surface area contributed by atoms with Gasteiger partial charge in [-0.1, -0.05) is 0 Å². The molecule has 0 unspecified atom stereocenters. The minimum Gasteiger partial charge on any atom is -0.462 e. The molecule has 1 aliphatic heterocycles. The number of ether oxygens (including phenoxy) is 1. The number of nitrogens with two attached hydrogens (primary N) is 1. The maximum atomic E-state index is 11.6. The van der Waals surface area contributed by atoms with Crippen LogP contribution in [0.1, 0.15) is 27.0 Å². The Morgan fingerprint density at radius 2 is 2.39 bits per heavy atom. The summed E-state index contributed by atoms with van der Waals surface area (Å²) in [6.07, 6.45) is 1.01. The number of rotatable bonds is 4. The highest BCUT2D eigenvalue weighted by molar-refractivity contribution is 7.14. The molecule has 0 aromatic carbocycles. The monoisotopic (exact) mass is 290 g/mol. The van der Waals surface area contributed by atoms with E-state index in [4.69, 9.17) is 10.5 Å². The smallest absolute Gasteiger partial charge is 0.348 e. The molecule has 18 heavy (non-hydrogen) atoms. The number of hydrogen-bond donors (Lipinski definition) is 1. The van der Waals surface area contributed by atoms with Gasteiger partial charge in [0.2, 0.25) is 0 Å². The topological polar surface area (TPSA) is 55.6 Å². The van der Waals surface area contributed by atoms with Gasteiger partial charge in [0.25, 0.3) is 0 Å². The third-order valence-corrected chi connectivity index (χ3v) is 4.03. The van der Waals surface area contributed by atoms with Crippen molar-refractivity contribution in [3.63, 3.8) is 0 Å². The van der Waals surface area contributed by atoms with E-state index in [1.165, 1.54) is 10.4 Å². The number of fused-ring (bicyclic) bond motifs is 1. The molecule has 4 nitrogen and oxygen atoms in total. The first-order valence-corrected chi connectivity index (χ1v) is 6.77. The van der Waals surface area contributed by atoms with Gasteiger partial charge < -0.3 is 10.5 Å². The Morgan fingerprint density at radius 1 is 1.61 bits per heavy atom. The maximum Gasteiger partial charge on any atom is 0.348 e. The van der Waals surface area contributed by atoms with E-state index in [9.17, 15) is 4.79 Å². The van der Waals surface area contributed by atoms with Crippen LogP contribution in [0.15, 0.2) is 6.07 Å².